The lowest BCUT2D eigenvalue weighted by molar-refractivity contribution is 0.0561. The average Bonchev–Trinajstić information content (AvgIpc) is 3.20. The predicted octanol–water partition coefficient (Wildman–Crippen LogP) is 5.57. The molecule has 0 radical (unpaired) electrons. The molecule has 28 heavy (non-hydrogen) atoms. The van der Waals surface area contributed by atoms with E-state index in [1.54, 1.807) is 24.1 Å². The van der Waals surface area contributed by atoms with E-state index in [9.17, 15) is 4.79 Å². The Morgan fingerprint density at radius 2 is 1.75 bits per heavy atom. The molecule has 0 atom stereocenters. The van der Waals surface area contributed by atoms with Crippen molar-refractivity contribution in [3.8, 4) is 5.75 Å². The molecule has 0 N–H and O–H groups in total. The molecule has 6 heteroatoms. The molecule has 2 aromatic carbocycles. The summed E-state index contributed by atoms with van der Waals surface area (Å²) in [5.41, 5.74) is 1.10. The molecule has 1 aromatic heterocycles. The van der Waals surface area contributed by atoms with Gasteiger partial charge in [-0.2, -0.15) is 0 Å². The zero-order valence-electron chi connectivity index (χ0n) is 16.1. The van der Waals surface area contributed by atoms with Gasteiger partial charge in [-0.3, -0.25) is 0 Å². The van der Waals surface area contributed by atoms with E-state index in [0.717, 1.165) is 11.4 Å². The van der Waals surface area contributed by atoms with E-state index in [1.165, 1.54) is 12.0 Å². The predicted molar refractivity (Wildman–Crippen MR) is 111 cm³/mol. The summed E-state index contributed by atoms with van der Waals surface area (Å²) in [6.45, 7) is 4.56. The fourth-order valence-corrected chi connectivity index (χ4v) is 3.50. The van der Waals surface area contributed by atoms with Gasteiger partial charge in [-0.25, -0.2) is 4.79 Å². The van der Waals surface area contributed by atoms with Crippen LogP contribution in [0.2, 0.25) is 0 Å². The first-order chi connectivity index (χ1) is 13.6. The Balaban J connectivity index is 1.63. The molecule has 0 unspecified atom stereocenters. The summed E-state index contributed by atoms with van der Waals surface area (Å²) in [6.07, 6.45) is 0. The third-order valence-electron chi connectivity index (χ3n) is 3.94. The average molecular weight is 397 g/mol. The molecule has 0 spiro atoms. The smallest absolute Gasteiger partial charge is 0.373 e. The van der Waals surface area contributed by atoms with Crippen LogP contribution in [0.4, 0.5) is 5.69 Å². The van der Waals surface area contributed by atoms with Crippen LogP contribution in [0.25, 0.3) is 0 Å². The molecule has 1 heterocycles. The van der Waals surface area contributed by atoms with Gasteiger partial charge in [0.2, 0.25) is 5.76 Å². The normalized spacial score (nSPS) is 10.7. The van der Waals surface area contributed by atoms with Crippen molar-refractivity contribution in [2.24, 2.45) is 0 Å². The third kappa shape index (κ3) is 5.10. The van der Waals surface area contributed by atoms with Crippen LogP contribution >= 0.6 is 11.9 Å². The van der Waals surface area contributed by atoms with Crippen LogP contribution in [-0.2, 0) is 11.3 Å². The van der Waals surface area contributed by atoms with Crippen molar-refractivity contribution in [3.63, 3.8) is 0 Å². The van der Waals surface area contributed by atoms with Gasteiger partial charge in [-0.1, -0.05) is 18.2 Å². The Hall–Kier alpha value is -2.86. The van der Waals surface area contributed by atoms with Crippen molar-refractivity contribution in [3.05, 3.63) is 78.3 Å². The van der Waals surface area contributed by atoms with E-state index in [0.29, 0.717) is 11.8 Å². The SMILES string of the molecule is COC(=O)c1ccc(COc2ccc(N(Sc3ccccc3)C(C)C)cc2)o1. The van der Waals surface area contributed by atoms with Gasteiger partial charge >= 0.3 is 5.97 Å². The van der Waals surface area contributed by atoms with E-state index < -0.39 is 5.97 Å². The van der Waals surface area contributed by atoms with Crippen LogP contribution < -0.4 is 9.04 Å². The van der Waals surface area contributed by atoms with Gasteiger partial charge in [0.1, 0.15) is 18.1 Å². The van der Waals surface area contributed by atoms with Crippen LogP contribution in [0.3, 0.4) is 0 Å². The van der Waals surface area contributed by atoms with E-state index in [1.807, 2.05) is 42.5 Å². The Morgan fingerprint density at radius 1 is 1.04 bits per heavy atom. The molecule has 0 saturated heterocycles. The molecule has 3 rings (SSSR count). The van der Waals surface area contributed by atoms with E-state index in [-0.39, 0.29) is 12.4 Å². The first kappa shape index (κ1) is 19.9. The standard InChI is InChI=1S/C22H23NO4S/c1-16(2)23(28-20-7-5-4-6-8-20)17-9-11-18(12-10-17)26-15-19-13-14-21(27-19)22(24)25-3/h4-14,16H,15H2,1-3H3. The lowest BCUT2D eigenvalue weighted by Gasteiger charge is -2.27. The summed E-state index contributed by atoms with van der Waals surface area (Å²) < 4.78 is 18.1. The van der Waals surface area contributed by atoms with Crippen molar-refractivity contribution in [2.75, 3.05) is 11.4 Å². The zero-order valence-corrected chi connectivity index (χ0v) is 16.9. The summed E-state index contributed by atoms with van der Waals surface area (Å²) >= 11 is 1.71. The number of ether oxygens (including phenoxy) is 2. The molecule has 5 nitrogen and oxygen atoms in total. The van der Waals surface area contributed by atoms with Crippen LogP contribution in [0.15, 0.2) is 76.0 Å². The van der Waals surface area contributed by atoms with Gasteiger partial charge in [0, 0.05) is 16.6 Å². The van der Waals surface area contributed by atoms with Gasteiger partial charge in [0.05, 0.1) is 7.11 Å². The molecule has 0 aliphatic carbocycles. The number of nitrogens with zero attached hydrogens (tertiary/aromatic N) is 1. The fourth-order valence-electron chi connectivity index (χ4n) is 2.56. The van der Waals surface area contributed by atoms with Gasteiger partial charge in [0.15, 0.2) is 0 Å². The molecule has 3 aromatic rings. The number of methoxy groups -OCH3 is 1. The lowest BCUT2D eigenvalue weighted by Crippen LogP contribution is -2.22. The van der Waals surface area contributed by atoms with Crippen molar-refractivity contribution < 1.29 is 18.7 Å². The number of anilines is 1. The van der Waals surface area contributed by atoms with Crippen LogP contribution in [0.5, 0.6) is 5.75 Å². The Bertz CT molecular complexity index is 890. The molecule has 0 aliphatic heterocycles. The molecule has 0 fully saturated rings. The highest BCUT2D eigenvalue weighted by molar-refractivity contribution is 8.00. The maximum absolute atomic E-state index is 11.4. The van der Waals surface area contributed by atoms with Gasteiger partial charge in [-0.05, 0) is 74.3 Å². The van der Waals surface area contributed by atoms with E-state index in [2.05, 4.69) is 35.0 Å². The minimum absolute atomic E-state index is 0.168. The highest BCUT2D eigenvalue weighted by Crippen LogP contribution is 2.32. The number of carbonyl (C=O) groups excluding carboxylic acids is 1. The first-order valence-electron chi connectivity index (χ1n) is 8.99. The second kappa shape index (κ2) is 9.37. The summed E-state index contributed by atoms with van der Waals surface area (Å²) in [5.74, 6) is 0.961. The highest BCUT2D eigenvalue weighted by atomic mass is 32.2. The van der Waals surface area contributed by atoms with Crippen LogP contribution in [-0.4, -0.2) is 19.1 Å². The van der Waals surface area contributed by atoms with Crippen molar-refractivity contribution >= 4 is 23.6 Å². The number of benzene rings is 2. The number of hydrogen-bond donors (Lipinski definition) is 0. The van der Waals surface area contributed by atoms with Crippen molar-refractivity contribution in [2.45, 2.75) is 31.4 Å². The minimum atomic E-state index is -0.500. The molecule has 0 amide bonds. The maximum atomic E-state index is 11.4. The molecule has 0 bridgehead atoms. The van der Waals surface area contributed by atoms with Gasteiger partial charge in [-0.15, -0.1) is 0 Å². The lowest BCUT2D eigenvalue weighted by atomic mass is 10.2. The quantitative estimate of drug-likeness (QED) is 0.366. The van der Waals surface area contributed by atoms with Gasteiger partial charge < -0.3 is 18.2 Å². The topological polar surface area (TPSA) is 51.9 Å². The number of carbonyl (C=O) groups is 1. The number of esters is 1. The monoisotopic (exact) mass is 397 g/mol. The zero-order chi connectivity index (χ0) is 19.9. The molecular formula is C22H23NO4S. The third-order valence-corrected chi connectivity index (χ3v) is 5.25. The van der Waals surface area contributed by atoms with E-state index >= 15 is 0 Å². The molecular weight excluding hydrogens is 374 g/mol. The Morgan fingerprint density at radius 3 is 2.39 bits per heavy atom. The van der Waals surface area contributed by atoms with Gasteiger partial charge in [0.25, 0.3) is 0 Å². The Labute approximate surface area is 169 Å². The largest absolute Gasteiger partial charge is 0.486 e. The van der Waals surface area contributed by atoms with Crippen molar-refractivity contribution in [1.82, 2.24) is 0 Å². The number of hydrogen-bond acceptors (Lipinski definition) is 6. The van der Waals surface area contributed by atoms with Crippen molar-refractivity contribution in [1.29, 1.82) is 0 Å². The Kier molecular flexibility index (Phi) is 6.66. The molecule has 146 valence electrons. The number of rotatable bonds is 8. The molecule has 0 saturated carbocycles. The second-order valence-corrected chi connectivity index (χ2v) is 7.41. The maximum Gasteiger partial charge on any atom is 0.373 e. The first-order valence-corrected chi connectivity index (χ1v) is 9.76. The highest BCUT2D eigenvalue weighted by Gasteiger charge is 2.14. The fraction of sp³-hybridized carbons (Fsp3) is 0.227. The number of furan rings is 1. The van der Waals surface area contributed by atoms with Crippen LogP contribution in [0, 0.1) is 0 Å². The summed E-state index contributed by atoms with van der Waals surface area (Å²) in [5, 5.41) is 0. The summed E-state index contributed by atoms with van der Waals surface area (Å²) in [7, 11) is 1.32. The summed E-state index contributed by atoms with van der Waals surface area (Å²) in [4.78, 5) is 12.6. The molecule has 0 aliphatic rings. The second-order valence-electron chi connectivity index (χ2n) is 6.36. The summed E-state index contributed by atoms with van der Waals surface area (Å²) in [6, 6.07) is 21.8. The minimum Gasteiger partial charge on any atom is -0.486 e. The van der Waals surface area contributed by atoms with Crippen LogP contribution in [0.1, 0.15) is 30.2 Å². The van der Waals surface area contributed by atoms with E-state index in [4.69, 9.17) is 9.15 Å².